The van der Waals surface area contributed by atoms with Crippen LogP contribution in [-0.2, 0) is 9.59 Å². The molecule has 2 atom stereocenters. The molecule has 1 aliphatic rings. The standard InChI is InChI=1S/C7H8O4/c8-5-2-1-4(3-5)6(9)7(10)11/h1-2,4,6,9H,3H2,(H,10,11)/t4-,6+/m0/s1. The number of hydrogen-bond donors (Lipinski definition) is 2. The maximum Gasteiger partial charge on any atom is 0.333 e. The minimum absolute atomic E-state index is 0.105. The van der Waals surface area contributed by atoms with Crippen molar-refractivity contribution in [2.24, 2.45) is 5.92 Å². The first-order valence-corrected chi connectivity index (χ1v) is 3.23. The third-order valence-electron chi connectivity index (χ3n) is 1.62. The molecule has 1 rings (SSSR count). The van der Waals surface area contributed by atoms with Gasteiger partial charge in [0, 0.05) is 12.3 Å². The van der Waals surface area contributed by atoms with Gasteiger partial charge in [-0.2, -0.15) is 0 Å². The van der Waals surface area contributed by atoms with E-state index in [1.54, 1.807) is 0 Å². The van der Waals surface area contributed by atoms with Gasteiger partial charge in [-0.05, 0) is 6.08 Å². The summed E-state index contributed by atoms with van der Waals surface area (Å²) in [5, 5.41) is 17.3. The molecule has 0 fully saturated rings. The van der Waals surface area contributed by atoms with E-state index >= 15 is 0 Å². The molecule has 2 N–H and O–H groups in total. The van der Waals surface area contributed by atoms with Crippen LogP contribution >= 0.6 is 0 Å². The van der Waals surface area contributed by atoms with E-state index in [9.17, 15) is 9.59 Å². The summed E-state index contributed by atoms with van der Waals surface area (Å²) in [6.45, 7) is 0. The number of carboxylic acids is 1. The van der Waals surface area contributed by atoms with E-state index in [1.165, 1.54) is 12.2 Å². The molecule has 1 aliphatic carbocycles. The van der Waals surface area contributed by atoms with Crippen LogP contribution < -0.4 is 0 Å². The molecule has 0 radical (unpaired) electrons. The van der Waals surface area contributed by atoms with Crippen LogP contribution in [0.25, 0.3) is 0 Å². The molecule has 11 heavy (non-hydrogen) atoms. The van der Waals surface area contributed by atoms with Gasteiger partial charge < -0.3 is 10.2 Å². The third kappa shape index (κ3) is 1.65. The Morgan fingerprint density at radius 2 is 2.36 bits per heavy atom. The van der Waals surface area contributed by atoms with E-state index in [4.69, 9.17) is 10.2 Å². The Balaban J connectivity index is 2.57. The summed E-state index contributed by atoms with van der Waals surface area (Å²) in [6, 6.07) is 0. The number of aliphatic hydroxyl groups excluding tert-OH is 1. The van der Waals surface area contributed by atoms with Gasteiger partial charge in [0.15, 0.2) is 11.9 Å². The summed E-state index contributed by atoms with van der Waals surface area (Å²) in [5.41, 5.74) is 0. The SMILES string of the molecule is O=C1C=C[C@H]([C@@H](O)C(=O)O)C1. The average Bonchev–Trinajstić information content (AvgIpc) is 2.34. The van der Waals surface area contributed by atoms with Gasteiger partial charge in [0.2, 0.25) is 0 Å². The molecule has 4 nitrogen and oxygen atoms in total. The normalized spacial score (nSPS) is 25.5. The fourth-order valence-corrected chi connectivity index (χ4v) is 0.999. The van der Waals surface area contributed by atoms with Crippen molar-refractivity contribution in [1.29, 1.82) is 0 Å². The predicted molar refractivity (Wildman–Crippen MR) is 35.9 cm³/mol. The second kappa shape index (κ2) is 2.84. The molecule has 0 aliphatic heterocycles. The molecule has 0 unspecified atom stereocenters. The molecule has 0 aromatic rings. The number of ketones is 1. The Kier molecular flexibility index (Phi) is 2.05. The largest absolute Gasteiger partial charge is 0.479 e. The first kappa shape index (κ1) is 7.94. The lowest BCUT2D eigenvalue weighted by Crippen LogP contribution is -2.27. The second-order valence-corrected chi connectivity index (χ2v) is 2.48. The Morgan fingerprint density at radius 3 is 2.73 bits per heavy atom. The summed E-state index contributed by atoms with van der Waals surface area (Å²) in [5.74, 6) is -1.95. The number of hydrogen-bond acceptors (Lipinski definition) is 3. The number of rotatable bonds is 2. The Bertz CT molecular complexity index is 218. The van der Waals surface area contributed by atoms with Gasteiger partial charge in [0.25, 0.3) is 0 Å². The summed E-state index contributed by atoms with van der Waals surface area (Å²) < 4.78 is 0. The highest BCUT2D eigenvalue weighted by atomic mass is 16.4. The van der Waals surface area contributed by atoms with Gasteiger partial charge in [-0.15, -0.1) is 0 Å². The first-order chi connectivity index (χ1) is 5.11. The molecule has 0 saturated heterocycles. The van der Waals surface area contributed by atoms with E-state index in [1.807, 2.05) is 0 Å². The van der Waals surface area contributed by atoms with Crippen LogP contribution in [-0.4, -0.2) is 28.1 Å². The van der Waals surface area contributed by atoms with Gasteiger partial charge in [-0.1, -0.05) is 6.08 Å². The molecule has 60 valence electrons. The molecule has 0 saturated carbocycles. The number of aliphatic hydroxyl groups is 1. The Hall–Kier alpha value is -1.16. The number of carboxylic acid groups (broad SMARTS) is 1. The monoisotopic (exact) mass is 156 g/mol. The van der Waals surface area contributed by atoms with Gasteiger partial charge >= 0.3 is 5.97 Å². The molecular formula is C7H8O4. The smallest absolute Gasteiger partial charge is 0.333 e. The minimum Gasteiger partial charge on any atom is -0.479 e. The lowest BCUT2D eigenvalue weighted by molar-refractivity contribution is -0.148. The fraction of sp³-hybridized carbons (Fsp3) is 0.429. The molecule has 0 aromatic carbocycles. The van der Waals surface area contributed by atoms with E-state index in [0.29, 0.717) is 0 Å². The van der Waals surface area contributed by atoms with Crippen LogP contribution in [0.4, 0.5) is 0 Å². The fourth-order valence-electron chi connectivity index (χ4n) is 0.999. The van der Waals surface area contributed by atoms with Crippen LogP contribution in [0.1, 0.15) is 6.42 Å². The maximum atomic E-state index is 10.6. The maximum absolute atomic E-state index is 10.6. The quantitative estimate of drug-likeness (QED) is 0.569. The first-order valence-electron chi connectivity index (χ1n) is 3.23. The van der Waals surface area contributed by atoms with Gasteiger partial charge in [0.1, 0.15) is 0 Å². The molecule has 4 heteroatoms. The van der Waals surface area contributed by atoms with Crippen LogP contribution in [0, 0.1) is 5.92 Å². The summed E-state index contributed by atoms with van der Waals surface area (Å²) >= 11 is 0. The minimum atomic E-state index is -1.45. The van der Waals surface area contributed by atoms with Crippen molar-refractivity contribution in [2.45, 2.75) is 12.5 Å². The van der Waals surface area contributed by atoms with Crippen molar-refractivity contribution in [3.8, 4) is 0 Å². The molecule has 0 heterocycles. The second-order valence-electron chi connectivity index (χ2n) is 2.48. The highest BCUT2D eigenvalue weighted by Crippen LogP contribution is 2.18. The third-order valence-corrected chi connectivity index (χ3v) is 1.62. The Labute approximate surface area is 63.1 Å². The van der Waals surface area contributed by atoms with E-state index in [0.717, 1.165) is 0 Å². The summed E-state index contributed by atoms with van der Waals surface area (Å²) in [4.78, 5) is 20.8. The van der Waals surface area contributed by atoms with Crippen molar-refractivity contribution in [3.63, 3.8) is 0 Å². The Morgan fingerprint density at radius 1 is 1.73 bits per heavy atom. The molecule has 0 amide bonds. The zero-order valence-corrected chi connectivity index (χ0v) is 5.73. The highest BCUT2D eigenvalue weighted by Gasteiger charge is 2.28. The average molecular weight is 156 g/mol. The number of allylic oxidation sites excluding steroid dienone is 1. The van der Waals surface area contributed by atoms with Gasteiger partial charge in [-0.25, -0.2) is 4.79 Å². The van der Waals surface area contributed by atoms with Crippen LogP contribution in [0.5, 0.6) is 0 Å². The zero-order chi connectivity index (χ0) is 8.43. The van der Waals surface area contributed by atoms with Crippen LogP contribution in [0.2, 0.25) is 0 Å². The van der Waals surface area contributed by atoms with Crippen molar-refractivity contribution < 1.29 is 19.8 Å². The van der Waals surface area contributed by atoms with Crippen molar-refractivity contribution in [3.05, 3.63) is 12.2 Å². The zero-order valence-electron chi connectivity index (χ0n) is 5.73. The highest BCUT2D eigenvalue weighted by molar-refractivity contribution is 5.93. The van der Waals surface area contributed by atoms with Gasteiger partial charge in [-0.3, -0.25) is 4.79 Å². The molecular weight excluding hydrogens is 148 g/mol. The van der Waals surface area contributed by atoms with Crippen molar-refractivity contribution in [1.82, 2.24) is 0 Å². The molecule has 0 aromatic heterocycles. The molecule has 0 bridgehead atoms. The number of carbonyl (C=O) groups is 2. The number of aliphatic carboxylic acids is 1. The van der Waals surface area contributed by atoms with E-state index in [2.05, 4.69) is 0 Å². The molecule has 0 spiro atoms. The van der Waals surface area contributed by atoms with Crippen molar-refractivity contribution >= 4 is 11.8 Å². The lowest BCUT2D eigenvalue weighted by Gasteiger charge is -2.09. The summed E-state index contributed by atoms with van der Waals surface area (Å²) in [7, 11) is 0. The van der Waals surface area contributed by atoms with E-state index in [-0.39, 0.29) is 12.2 Å². The summed E-state index contributed by atoms with van der Waals surface area (Å²) in [6.07, 6.45) is 1.39. The van der Waals surface area contributed by atoms with E-state index < -0.39 is 18.0 Å². The van der Waals surface area contributed by atoms with Crippen molar-refractivity contribution in [2.75, 3.05) is 0 Å². The topological polar surface area (TPSA) is 74.6 Å². The van der Waals surface area contributed by atoms with Crippen LogP contribution in [0.3, 0.4) is 0 Å². The van der Waals surface area contributed by atoms with Gasteiger partial charge in [0.05, 0.1) is 0 Å². The number of carbonyl (C=O) groups excluding carboxylic acids is 1. The van der Waals surface area contributed by atoms with Crippen LogP contribution in [0.15, 0.2) is 12.2 Å². The predicted octanol–water partition coefficient (Wildman–Crippen LogP) is -0.423. The lowest BCUT2D eigenvalue weighted by atomic mass is 10.0.